The molecule has 0 radical (unpaired) electrons. The molecule has 1 N–H and O–H groups in total. The van der Waals surface area contributed by atoms with Crippen molar-refractivity contribution in [1.82, 2.24) is 19.8 Å². The number of carbonyl (C=O) groups excluding carboxylic acids is 2. The van der Waals surface area contributed by atoms with Gasteiger partial charge in [-0.15, -0.1) is 0 Å². The zero-order valence-corrected chi connectivity index (χ0v) is 19.6. The second kappa shape index (κ2) is 9.99. The monoisotopic (exact) mass is 478 g/mol. The summed E-state index contributed by atoms with van der Waals surface area (Å²) in [5.41, 5.74) is 3.28. The molecule has 34 heavy (non-hydrogen) atoms. The molecule has 0 unspecified atom stereocenters. The lowest BCUT2D eigenvalue weighted by Gasteiger charge is -2.31. The Morgan fingerprint density at radius 2 is 1.79 bits per heavy atom. The van der Waals surface area contributed by atoms with E-state index in [0.29, 0.717) is 56.3 Å². The van der Waals surface area contributed by atoms with Gasteiger partial charge in [-0.2, -0.15) is 0 Å². The normalized spacial score (nSPS) is 18.4. The van der Waals surface area contributed by atoms with Crippen LogP contribution in [-0.4, -0.2) is 39.4 Å². The maximum atomic E-state index is 13.2. The first kappa shape index (κ1) is 22.6. The molecule has 3 heterocycles. The number of nitrogens with one attached hydrogen (secondary N) is 1. The first-order chi connectivity index (χ1) is 16.6. The summed E-state index contributed by atoms with van der Waals surface area (Å²) in [6.45, 7) is 2.45. The highest BCUT2D eigenvalue weighted by molar-refractivity contribution is 6.31. The number of aromatic nitrogens is 2. The molecule has 0 bridgehead atoms. The van der Waals surface area contributed by atoms with Gasteiger partial charge in [0.25, 0.3) is 5.91 Å². The predicted octanol–water partition coefficient (Wildman–Crippen LogP) is 3.98. The van der Waals surface area contributed by atoms with Crippen LogP contribution in [0.15, 0.2) is 60.9 Å². The summed E-state index contributed by atoms with van der Waals surface area (Å²) in [6.07, 6.45) is 2.94. The highest BCUT2D eigenvalue weighted by Gasteiger charge is 2.32. The standard InChI is InChI=1S/C26H27ClN4O3/c27-21-9-5-4-8-20(21)14-28-25(32)19-10-12-30(13-11-19)26(33)24-22-16-34-23(15-31(22)17-29-24)18-6-2-1-3-7-18/h1-9,17,19,23H,10-16H2,(H,28,32)/t23-/m1/s1. The number of piperidine rings is 1. The topological polar surface area (TPSA) is 76.5 Å². The third kappa shape index (κ3) is 4.72. The molecule has 2 aliphatic heterocycles. The largest absolute Gasteiger partial charge is 0.365 e. The van der Waals surface area contributed by atoms with E-state index in [1.165, 1.54) is 0 Å². The van der Waals surface area contributed by atoms with E-state index in [9.17, 15) is 9.59 Å². The van der Waals surface area contributed by atoms with E-state index in [2.05, 4.69) is 10.3 Å². The summed E-state index contributed by atoms with van der Waals surface area (Å²) in [4.78, 5) is 32.0. The number of hydrogen-bond donors (Lipinski definition) is 1. The Balaban J connectivity index is 1.16. The zero-order chi connectivity index (χ0) is 23.5. The lowest BCUT2D eigenvalue weighted by atomic mass is 9.95. The second-order valence-electron chi connectivity index (χ2n) is 8.78. The van der Waals surface area contributed by atoms with E-state index < -0.39 is 0 Å². The summed E-state index contributed by atoms with van der Waals surface area (Å²) in [5, 5.41) is 3.62. The van der Waals surface area contributed by atoms with E-state index in [-0.39, 0.29) is 23.8 Å². The van der Waals surface area contributed by atoms with Gasteiger partial charge in [-0.05, 0) is 30.0 Å². The molecule has 8 heteroatoms. The molecule has 1 atom stereocenters. The molecule has 1 saturated heterocycles. The molecule has 176 valence electrons. The van der Waals surface area contributed by atoms with Gasteiger partial charge >= 0.3 is 0 Å². The third-order valence-corrected chi connectivity index (χ3v) is 7.04. The Hall–Kier alpha value is -3.16. The summed E-state index contributed by atoms with van der Waals surface area (Å²) < 4.78 is 8.07. The van der Waals surface area contributed by atoms with E-state index in [1.54, 1.807) is 11.2 Å². The molecular formula is C26H27ClN4O3. The molecule has 0 spiro atoms. The van der Waals surface area contributed by atoms with Gasteiger partial charge in [-0.3, -0.25) is 9.59 Å². The second-order valence-corrected chi connectivity index (χ2v) is 9.19. The van der Waals surface area contributed by atoms with Crippen molar-refractivity contribution in [2.75, 3.05) is 13.1 Å². The SMILES string of the molecule is O=C(NCc1ccccc1Cl)C1CCN(C(=O)c2ncn3c2CO[C@@H](c2ccccc2)C3)CC1. The third-order valence-electron chi connectivity index (χ3n) is 6.67. The molecule has 0 aliphatic carbocycles. The summed E-state index contributed by atoms with van der Waals surface area (Å²) in [5.74, 6) is -0.199. The van der Waals surface area contributed by atoms with Crippen LogP contribution in [0.3, 0.4) is 0 Å². The van der Waals surface area contributed by atoms with Crippen LogP contribution in [0.1, 0.15) is 46.3 Å². The van der Waals surface area contributed by atoms with Crippen molar-refractivity contribution < 1.29 is 14.3 Å². The van der Waals surface area contributed by atoms with Crippen molar-refractivity contribution in [3.63, 3.8) is 0 Å². The van der Waals surface area contributed by atoms with E-state index in [0.717, 1.165) is 16.8 Å². The van der Waals surface area contributed by atoms with Crippen molar-refractivity contribution in [3.05, 3.63) is 88.5 Å². The number of fused-ring (bicyclic) bond motifs is 1. The van der Waals surface area contributed by atoms with Gasteiger partial charge in [0.05, 0.1) is 25.2 Å². The van der Waals surface area contributed by atoms with Crippen LogP contribution in [0.2, 0.25) is 5.02 Å². The average molecular weight is 479 g/mol. The van der Waals surface area contributed by atoms with Gasteiger partial charge in [0.15, 0.2) is 5.69 Å². The lowest BCUT2D eigenvalue weighted by molar-refractivity contribution is -0.126. The summed E-state index contributed by atoms with van der Waals surface area (Å²) >= 11 is 6.17. The van der Waals surface area contributed by atoms with Crippen molar-refractivity contribution in [2.45, 2.75) is 38.6 Å². The smallest absolute Gasteiger partial charge is 0.274 e. The van der Waals surface area contributed by atoms with Crippen LogP contribution in [-0.2, 0) is 29.2 Å². The fourth-order valence-electron chi connectivity index (χ4n) is 4.64. The van der Waals surface area contributed by atoms with Crippen LogP contribution in [0.25, 0.3) is 0 Å². The van der Waals surface area contributed by atoms with Gasteiger partial charge in [0.1, 0.15) is 6.10 Å². The molecule has 0 saturated carbocycles. The van der Waals surface area contributed by atoms with E-state index >= 15 is 0 Å². The Morgan fingerprint density at radius 3 is 2.56 bits per heavy atom. The molecular weight excluding hydrogens is 452 g/mol. The minimum Gasteiger partial charge on any atom is -0.365 e. The van der Waals surface area contributed by atoms with Crippen LogP contribution < -0.4 is 5.32 Å². The maximum Gasteiger partial charge on any atom is 0.274 e. The van der Waals surface area contributed by atoms with Crippen LogP contribution in [0.5, 0.6) is 0 Å². The highest BCUT2D eigenvalue weighted by atomic mass is 35.5. The molecule has 2 amide bonds. The predicted molar refractivity (Wildman–Crippen MR) is 128 cm³/mol. The number of imidazole rings is 1. The molecule has 5 rings (SSSR count). The van der Waals surface area contributed by atoms with Crippen molar-refractivity contribution >= 4 is 23.4 Å². The highest BCUT2D eigenvalue weighted by Crippen LogP contribution is 2.29. The molecule has 1 fully saturated rings. The summed E-state index contributed by atoms with van der Waals surface area (Å²) in [7, 11) is 0. The van der Waals surface area contributed by atoms with Gasteiger partial charge < -0.3 is 19.5 Å². The minimum atomic E-state index is -0.114. The van der Waals surface area contributed by atoms with Crippen molar-refractivity contribution in [3.8, 4) is 0 Å². The minimum absolute atomic E-state index is 0.00624. The Kier molecular flexibility index (Phi) is 6.65. The number of rotatable bonds is 5. The number of likely N-dealkylation sites (tertiary alicyclic amines) is 1. The van der Waals surface area contributed by atoms with Crippen molar-refractivity contribution in [1.29, 1.82) is 0 Å². The maximum absolute atomic E-state index is 13.2. The van der Waals surface area contributed by atoms with Gasteiger partial charge in [-0.25, -0.2) is 4.98 Å². The van der Waals surface area contributed by atoms with Crippen molar-refractivity contribution in [2.24, 2.45) is 5.92 Å². The fraction of sp³-hybridized carbons (Fsp3) is 0.346. The fourth-order valence-corrected chi connectivity index (χ4v) is 4.84. The van der Waals surface area contributed by atoms with Crippen LogP contribution in [0.4, 0.5) is 0 Å². The molecule has 2 aromatic carbocycles. The molecule has 3 aromatic rings. The number of halogens is 1. The van der Waals surface area contributed by atoms with Crippen LogP contribution >= 0.6 is 11.6 Å². The number of amides is 2. The van der Waals surface area contributed by atoms with Crippen LogP contribution in [0, 0.1) is 5.92 Å². The Bertz CT molecular complexity index is 1170. The van der Waals surface area contributed by atoms with E-state index in [4.69, 9.17) is 16.3 Å². The summed E-state index contributed by atoms with van der Waals surface area (Å²) in [6, 6.07) is 17.6. The number of hydrogen-bond acceptors (Lipinski definition) is 4. The number of ether oxygens (including phenoxy) is 1. The molecule has 2 aliphatic rings. The first-order valence-electron chi connectivity index (χ1n) is 11.6. The Morgan fingerprint density at radius 1 is 1.06 bits per heavy atom. The van der Waals surface area contributed by atoms with Gasteiger partial charge in [0.2, 0.25) is 5.91 Å². The molecule has 7 nitrogen and oxygen atoms in total. The lowest BCUT2D eigenvalue weighted by Crippen LogP contribution is -2.43. The number of benzene rings is 2. The number of nitrogens with zero attached hydrogens (tertiary/aromatic N) is 3. The van der Waals surface area contributed by atoms with Gasteiger partial charge in [-0.1, -0.05) is 60.1 Å². The quantitative estimate of drug-likeness (QED) is 0.602. The van der Waals surface area contributed by atoms with Gasteiger partial charge in [0, 0.05) is 30.6 Å². The first-order valence-corrected chi connectivity index (χ1v) is 12.0. The Labute approximate surface area is 203 Å². The average Bonchev–Trinajstić information content (AvgIpc) is 3.31. The number of carbonyl (C=O) groups is 2. The molecule has 1 aromatic heterocycles. The zero-order valence-electron chi connectivity index (χ0n) is 18.8. The van der Waals surface area contributed by atoms with E-state index in [1.807, 2.05) is 59.2 Å².